The molecule has 0 saturated carbocycles. The molecule has 7 nitrogen and oxygen atoms in total. The number of rotatable bonds is 10. The van der Waals surface area contributed by atoms with Crippen LogP contribution < -0.4 is 5.32 Å². The van der Waals surface area contributed by atoms with Crippen LogP contribution in [-0.2, 0) is 19.1 Å². The highest BCUT2D eigenvalue weighted by molar-refractivity contribution is 5.97. The predicted molar refractivity (Wildman–Crippen MR) is 98.9 cm³/mol. The number of anilines is 1. The van der Waals surface area contributed by atoms with E-state index in [4.69, 9.17) is 9.47 Å². The smallest absolute Gasteiger partial charge is 0.310 e. The number of esters is 1. The van der Waals surface area contributed by atoms with Gasteiger partial charge >= 0.3 is 5.97 Å². The van der Waals surface area contributed by atoms with Crippen molar-refractivity contribution in [2.24, 2.45) is 5.92 Å². The highest BCUT2D eigenvalue weighted by Crippen LogP contribution is 2.15. The lowest BCUT2D eigenvalue weighted by atomic mass is 10.1. The highest BCUT2D eigenvalue weighted by Gasteiger charge is 2.22. The van der Waals surface area contributed by atoms with Gasteiger partial charge in [0.1, 0.15) is 0 Å². The Labute approximate surface area is 154 Å². The van der Waals surface area contributed by atoms with Crippen LogP contribution >= 0.6 is 0 Å². The van der Waals surface area contributed by atoms with Crippen LogP contribution in [0.15, 0.2) is 24.3 Å². The van der Waals surface area contributed by atoms with Crippen molar-refractivity contribution in [3.63, 3.8) is 0 Å². The van der Waals surface area contributed by atoms with Crippen molar-refractivity contribution in [3.8, 4) is 0 Å². The molecule has 0 fully saturated rings. The Kier molecular flexibility index (Phi) is 9.36. The maximum Gasteiger partial charge on any atom is 0.310 e. The van der Waals surface area contributed by atoms with E-state index in [2.05, 4.69) is 5.32 Å². The van der Waals surface area contributed by atoms with Crippen molar-refractivity contribution in [1.82, 2.24) is 4.90 Å². The molecular formula is C19H28N2O5. The molecule has 1 N–H and O–H groups in total. The van der Waals surface area contributed by atoms with Crippen molar-refractivity contribution in [2.45, 2.75) is 27.2 Å². The summed E-state index contributed by atoms with van der Waals surface area (Å²) in [5.41, 5.74) is 1.00. The zero-order valence-corrected chi connectivity index (χ0v) is 15.9. The molecule has 0 aromatic heterocycles. The van der Waals surface area contributed by atoms with E-state index in [1.807, 2.05) is 6.92 Å². The summed E-state index contributed by atoms with van der Waals surface area (Å²) in [5, 5.41) is 2.66. The molecule has 0 saturated heterocycles. The lowest BCUT2D eigenvalue weighted by molar-refractivity contribution is -0.145. The first-order valence-corrected chi connectivity index (χ1v) is 8.71. The molecule has 0 radical (unpaired) electrons. The van der Waals surface area contributed by atoms with Gasteiger partial charge in [0.2, 0.25) is 5.91 Å². The molecular weight excluding hydrogens is 336 g/mol. The Balaban J connectivity index is 2.90. The Hall–Kier alpha value is -2.41. The fourth-order valence-corrected chi connectivity index (χ4v) is 2.50. The van der Waals surface area contributed by atoms with Gasteiger partial charge in [-0.25, -0.2) is 0 Å². The summed E-state index contributed by atoms with van der Waals surface area (Å²) in [6.07, 6.45) is 0.666. The molecule has 1 aromatic carbocycles. The first-order chi connectivity index (χ1) is 12.4. The van der Waals surface area contributed by atoms with Crippen LogP contribution in [0.5, 0.6) is 0 Å². The van der Waals surface area contributed by atoms with E-state index < -0.39 is 5.92 Å². The van der Waals surface area contributed by atoms with E-state index in [-0.39, 0.29) is 24.3 Å². The van der Waals surface area contributed by atoms with Crippen LogP contribution in [0, 0.1) is 5.92 Å². The molecule has 144 valence electrons. The van der Waals surface area contributed by atoms with Crippen molar-refractivity contribution in [3.05, 3.63) is 29.8 Å². The summed E-state index contributed by atoms with van der Waals surface area (Å²) in [6, 6.07) is 6.74. The number of methoxy groups -OCH3 is 1. The van der Waals surface area contributed by atoms with E-state index in [0.717, 1.165) is 0 Å². The zero-order valence-electron chi connectivity index (χ0n) is 15.9. The number of nitrogens with zero attached hydrogens (tertiary/aromatic N) is 1. The number of carbonyl (C=O) groups is 3. The number of hydrogen-bond donors (Lipinski definition) is 1. The standard InChI is InChI=1S/C19H28N2O5/c1-5-26-11-7-10-21(13-14(2)19(24)25-4)18(23)16-8-6-9-17(12-16)20-15(3)22/h6,8-9,12,14H,5,7,10-11,13H2,1-4H3,(H,20,22). The largest absolute Gasteiger partial charge is 0.469 e. The average molecular weight is 364 g/mol. The minimum Gasteiger partial charge on any atom is -0.469 e. The fraction of sp³-hybridized carbons (Fsp3) is 0.526. The van der Waals surface area contributed by atoms with Crippen molar-refractivity contribution in [2.75, 3.05) is 38.7 Å². The van der Waals surface area contributed by atoms with Gasteiger partial charge in [0.25, 0.3) is 5.91 Å². The van der Waals surface area contributed by atoms with E-state index in [1.54, 1.807) is 36.1 Å². The molecule has 1 aromatic rings. The Morgan fingerprint density at radius 2 is 2.00 bits per heavy atom. The molecule has 26 heavy (non-hydrogen) atoms. The summed E-state index contributed by atoms with van der Waals surface area (Å²) >= 11 is 0. The molecule has 0 bridgehead atoms. The van der Waals surface area contributed by atoms with Gasteiger partial charge in [-0.3, -0.25) is 14.4 Å². The van der Waals surface area contributed by atoms with Crippen LogP contribution in [-0.4, -0.2) is 56.1 Å². The number of ether oxygens (including phenoxy) is 2. The van der Waals surface area contributed by atoms with Crippen LogP contribution in [0.4, 0.5) is 5.69 Å². The second kappa shape index (κ2) is 11.3. The Morgan fingerprint density at radius 3 is 2.62 bits per heavy atom. The van der Waals surface area contributed by atoms with Crippen molar-refractivity contribution < 1.29 is 23.9 Å². The maximum absolute atomic E-state index is 12.9. The second-order valence-electron chi connectivity index (χ2n) is 5.99. The minimum absolute atomic E-state index is 0.204. The van der Waals surface area contributed by atoms with Gasteiger partial charge in [-0.2, -0.15) is 0 Å². The summed E-state index contributed by atoms with van der Waals surface area (Å²) in [7, 11) is 1.33. The minimum atomic E-state index is -0.436. The maximum atomic E-state index is 12.9. The Bertz CT molecular complexity index is 618. The third kappa shape index (κ3) is 7.23. The van der Waals surface area contributed by atoms with E-state index in [9.17, 15) is 14.4 Å². The molecule has 1 atom stereocenters. The molecule has 0 heterocycles. The summed E-state index contributed by atoms with van der Waals surface area (Å²) in [5.74, 6) is -1.21. The highest BCUT2D eigenvalue weighted by atomic mass is 16.5. The SMILES string of the molecule is CCOCCCN(CC(C)C(=O)OC)C(=O)c1cccc(NC(C)=O)c1. The number of carbonyl (C=O) groups excluding carboxylic acids is 3. The number of hydrogen-bond acceptors (Lipinski definition) is 5. The molecule has 0 aliphatic heterocycles. The lowest BCUT2D eigenvalue weighted by Gasteiger charge is -2.25. The lowest BCUT2D eigenvalue weighted by Crippen LogP contribution is -2.38. The summed E-state index contributed by atoms with van der Waals surface area (Å²) in [6.45, 7) is 6.92. The third-order valence-corrected chi connectivity index (χ3v) is 3.74. The van der Waals surface area contributed by atoms with Gasteiger partial charge in [0.15, 0.2) is 0 Å². The predicted octanol–water partition coefficient (Wildman–Crippen LogP) is 2.32. The normalized spacial score (nSPS) is 11.5. The number of nitrogens with one attached hydrogen (secondary N) is 1. The molecule has 0 spiro atoms. The summed E-state index contributed by atoms with van der Waals surface area (Å²) < 4.78 is 10.1. The quantitative estimate of drug-likeness (QED) is 0.509. The van der Waals surface area contributed by atoms with E-state index in [1.165, 1.54) is 14.0 Å². The first kappa shape index (κ1) is 21.6. The van der Waals surface area contributed by atoms with Crippen LogP contribution in [0.1, 0.15) is 37.6 Å². The topological polar surface area (TPSA) is 84.9 Å². The number of amides is 2. The Morgan fingerprint density at radius 1 is 1.27 bits per heavy atom. The van der Waals surface area contributed by atoms with E-state index >= 15 is 0 Å². The summed E-state index contributed by atoms with van der Waals surface area (Å²) in [4.78, 5) is 37.5. The van der Waals surface area contributed by atoms with Gasteiger partial charge in [0.05, 0.1) is 13.0 Å². The number of benzene rings is 1. The first-order valence-electron chi connectivity index (χ1n) is 8.71. The van der Waals surface area contributed by atoms with Crippen molar-refractivity contribution >= 4 is 23.5 Å². The van der Waals surface area contributed by atoms with Crippen molar-refractivity contribution in [1.29, 1.82) is 0 Å². The monoisotopic (exact) mass is 364 g/mol. The van der Waals surface area contributed by atoms with Gasteiger partial charge in [0, 0.05) is 44.5 Å². The average Bonchev–Trinajstić information content (AvgIpc) is 2.62. The zero-order chi connectivity index (χ0) is 19.5. The molecule has 0 aliphatic carbocycles. The van der Waals surface area contributed by atoms with E-state index in [0.29, 0.717) is 37.4 Å². The van der Waals surface area contributed by atoms with Gasteiger partial charge in [-0.15, -0.1) is 0 Å². The van der Waals surface area contributed by atoms with Gasteiger partial charge in [-0.1, -0.05) is 13.0 Å². The van der Waals surface area contributed by atoms with Crippen LogP contribution in [0.25, 0.3) is 0 Å². The second-order valence-corrected chi connectivity index (χ2v) is 5.99. The van der Waals surface area contributed by atoms with Crippen LogP contribution in [0.3, 0.4) is 0 Å². The van der Waals surface area contributed by atoms with Crippen LogP contribution in [0.2, 0.25) is 0 Å². The third-order valence-electron chi connectivity index (χ3n) is 3.74. The molecule has 7 heteroatoms. The molecule has 1 rings (SSSR count). The molecule has 0 aliphatic rings. The van der Waals surface area contributed by atoms with Gasteiger partial charge in [-0.05, 0) is 31.5 Å². The molecule has 1 unspecified atom stereocenters. The fourth-order valence-electron chi connectivity index (χ4n) is 2.50. The molecule has 2 amide bonds. The van der Waals surface area contributed by atoms with Gasteiger partial charge < -0.3 is 19.7 Å².